The molecule has 0 spiro atoms. The van der Waals surface area contributed by atoms with Crippen LogP contribution in [-0.4, -0.2) is 15.5 Å². The molecule has 0 saturated carbocycles. The predicted octanol–water partition coefficient (Wildman–Crippen LogP) is 3.56. The summed E-state index contributed by atoms with van der Waals surface area (Å²) in [6.07, 6.45) is 0. The number of nitrogens with one attached hydrogen (secondary N) is 1. The summed E-state index contributed by atoms with van der Waals surface area (Å²) < 4.78 is 33.4. The first-order chi connectivity index (χ1) is 9.44. The Morgan fingerprint density at radius 1 is 1.35 bits per heavy atom. The van der Waals surface area contributed by atoms with Crippen LogP contribution in [0.25, 0.3) is 0 Å². The number of methoxy groups -OCH3 is 1. The molecule has 7 heteroatoms. The second-order valence-corrected chi connectivity index (χ2v) is 7.73. The van der Waals surface area contributed by atoms with Crippen LogP contribution >= 0.6 is 27.3 Å². The molecule has 0 saturated heterocycles. The topological polar surface area (TPSA) is 55.4 Å². The van der Waals surface area contributed by atoms with Gasteiger partial charge in [-0.3, -0.25) is 0 Å². The number of benzene rings is 1. The van der Waals surface area contributed by atoms with Crippen molar-refractivity contribution in [1.82, 2.24) is 4.72 Å². The normalized spacial score (nSPS) is 13.2. The average molecular weight is 376 g/mol. The maximum atomic E-state index is 12.5. The molecular weight excluding hydrogens is 362 g/mol. The lowest BCUT2D eigenvalue weighted by Gasteiger charge is -2.15. The molecule has 108 valence electrons. The summed E-state index contributed by atoms with van der Waals surface area (Å²) in [5, 5.41) is 1.92. The van der Waals surface area contributed by atoms with E-state index in [2.05, 4.69) is 20.7 Å². The third-order valence-corrected chi connectivity index (χ3v) is 5.83. The van der Waals surface area contributed by atoms with Crippen LogP contribution < -0.4 is 9.46 Å². The Kier molecular flexibility index (Phi) is 4.85. The highest BCUT2D eigenvalue weighted by molar-refractivity contribution is 9.10. The third kappa shape index (κ3) is 3.41. The fraction of sp³-hybridized carbons (Fsp3) is 0.231. The summed E-state index contributed by atoms with van der Waals surface area (Å²) in [6, 6.07) is 8.39. The SMILES string of the molecule is COc1ccc(Br)cc1S(=O)(=O)N[C@H](C)c1cccs1. The average Bonchev–Trinajstić information content (AvgIpc) is 2.92. The largest absolute Gasteiger partial charge is 0.495 e. The fourth-order valence-corrected chi connectivity index (χ4v) is 4.49. The summed E-state index contributed by atoms with van der Waals surface area (Å²) in [6.45, 7) is 1.81. The van der Waals surface area contributed by atoms with Crippen LogP contribution in [-0.2, 0) is 10.0 Å². The zero-order valence-corrected chi connectivity index (χ0v) is 14.2. The molecule has 1 aromatic carbocycles. The van der Waals surface area contributed by atoms with Gasteiger partial charge in [0.05, 0.1) is 13.2 Å². The minimum atomic E-state index is -3.65. The first-order valence-electron chi connectivity index (χ1n) is 5.83. The van der Waals surface area contributed by atoms with Gasteiger partial charge in [0.2, 0.25) is 10.0 Å². The van der Waals surface area contributed by atoms with Crippen molar-refractivity contribution in [2.24, 2.45) is 0 Å². The first kappa shape index (κ1) is 15.5. The van der Waals surface area contributed by atoms with Gasteiger partial charge in [0.1, 0.15) is 10.6 Å². The number of hydrogen-bond donors (Lipinski definition) is 1. The summed E-state index contributed by atoms with van der Waals surface area (Å²) in [5.74, 6) is 0.319. The lowest BCUT2D eigenvalue weighted by molar-refractivity contribution is 0.402. The lowest BCUT2D eigenvalue weighted by atomic mass is 10.3. The molecule has 0 aliphatic rings. The van der Waals surface area contributed by atoms with E-state index in [0.29, 0.717) is 10.2 Å². The minimum absolute atomic E-state index is 0.123. The molecule has 0 aliphatic carbocycles. The molecule has 0 bridgehead atoms. The summed E-state index contributed by atoms with van der Waals surface area (Å²) in [7, 11) is -2.20. The van der Waals surface area contributed by atoms with Crippen LogP contribution in [0.15, 0.2) is 45.1 Å². The van der Waals surface area contributed by atoms with Crippen LogP contribution in [0.1, 0.15) is 17.8 Å². The molecule has 0 fully saturated rings. The smallest absolute Gasteiger partial charge is 0.244 e. The summed E-state index contributed by atoms with van der Waals surface area (Å²) >= 11 is 4.79. The maximum Gasteiger partial charge on any atom is 0.244 e. The molecule has 1 atom stereocenters. The van der Waals surface area contributed by atoms with Crippen molar-refractivity contribution in [1.29, 1.82) is 0 Å². The van der Waals surface area contributed by atoms with Crippen molar-refractivity contribution >= 4 is 37.3 Å². The molecule has 20 heavy (non-hydrogen) atoms. The van der Waals surface area contributed by atoms with Crippen molar-refractivity contribution in [2.75, 3.05) is 7.11 Å². The standard InChI is InChI=1S/C13H14BrNO3S2/c1-9(12-4-3-7-19-12)15-20(16,17)13-8-10(14)5-6-11(13)18-2/h3-9,15H,1-2H3/t9-/m1/s1. The Labute approximate surface area is 131 Å². The zero-order valence-electron chi connectivity index (χ0n) is 11.0. The number of hydrogen-bond acceptors (Lipinski definition) is 4. The van der Waals surface area contributed by atoms with E-state index < -0.39 is 10.0 Å². The first-order valence-corrected chi connectivity index (χ1v) is 8.99. The van der Waals surface area contributed by atoms with E-state index in [1.54, 1.807) is 12.1 Å². The second-order valence-electron chi connectivity index (χ2n) is 4.15. The quantitative estimate of drug-likeness (QED) is 0.868. The Bertz CT molecular complexity index is 684. The third-order valence-electron chi connectivity index (χ3n) is 2.72. The molecule has 0 unspecified atom stereocenters. The second kappa shape index (κ2) is 6.26. The van der Waals surface area contributed by atoms with Crippen molar-refractivity contribution in [3.8, 4) is 5.75 Å². The lowest BCUT2D eigenvalue weighted by Crippen LogP contribution is -2.26. The van der Waals surface area contributed by atoms with E-state index in [-0.39, 0.29) is 10.9 Å². The van der Waals surface area contributed by atoms with Gasteiger partial charge in [0.25, 0.3) is 0 Å². The van der Waals surface area contributed by atoms with Crippen molar-refractivity contribution < 1.29 is 13.2 Å². The van der Waals surface area contributed by atoms with Crippen LogP contribution in [0.5, 0.6) is 5.75 Å². The van der Waals surface area contributed by atoms with Crippen LogP contribution in [0, 0.1) is 0 Å². The van der Waals surface area contributed by atoms with Gasteiger partial charge in [0, 0.05) is 9.35 Å². The van der Waals surface area contributed by atoms with Gasteiger partial charge in [0.15, 0.2) is 0 Å². The fourth-order valence-electron chi connectivity index (χ4n) is 1.75. The molecule has 1 N–H and O–H groups in total. The van der Waals surface area contributed by atoms with E-state index in [0.717, 1.165) is 4.88 Å². The molecule has 0 radical (unpaired) electrons. The van der Waals surface area contributed by atoms with Gasteiger partial charge in [-0.1, -0.05) is 22.0 Å². The number of ether oxygens (including phenoxy) is 1. The number of thiophene rings is 1. The molecular formula is C13H14BrNO3S2. The Hall–Kier alpha value is -0.890. The van der Waals surface area contributed by atoms with Gasteiger partial charge in [-0.15, -0.1) is 11.3 Å². The van der Waals surface area contributed by atoms with E-state index in [4.69, 9.17) is 4.74 Å². The van der Waals surface area contributed by atoms with Crippen molar-refractivity contribution in [2.45, 2.75) is 17.9 Å². The highest BCUT2D eigenvalue weighted by atomic mass is 79.9. The van der Waals surface area contributed by atoms with Crippen molar-refractivity contribution in [3.05, 3.63) is 45.1 Å². The molecule has 1 heterocycles. The van der Waals surface area contributed by atoms with Gasteiger partial charge >= 0.3 is 0 Å². The highest BCUT2D eigenvalue weighted by Gasteiger charge is 2.23. The zero-order chi connectivity index (χ0) is 14.8. The van der Waals surface area contributed by atoms with Crippen LogP contribution in [0.4, 0.5) is 0 Å². The highest BCUT2D eigenvalue weighted by Crippen LogP contribution is 2.29. The maximum absolute atomic E-state index is 12.5. The van der Waals surface area contributed by atoms with E-state index in [1.807, 2.05) is 24.4 Å². The predicted molar refractivity (Wildman–Crippen MR) is 83.7 cm³/mol. The molecule has 2 rings (SSSR count). The molecule has 4 nitrogen and oxygen atoms in total. The van der Waals surface area contributed by atoms with Crippen LogP contribution in [0.3, 0.4) is 0 Å². The molecule has 1 aromatic heterocycles. The molecule has 0 amide bonds. The monoisotopic (exact) mass is 375 g/mol. The minimum Gasteiger partial charge on any atom is -0.495 e. The van der Waals surface area contributed by atoms with E-state index >= 15 is 0 Å². The summed E-state index contributed by atoms with van der Waals surface area (Å²) in [4.78, 5) is 1.08. The van der Waals surface area contributed by atoms with E-state index in [9.17, 15) is 8.42 Å². The van der Waals surface area contributed by atoms with Gasteiger partial charge in [-0.2, -0.15) is 0 Å². The number of rotatable bonds is 5. The number of sulfonamides is 1. The summed E-state index contributed by atoms with van der Waals surface area (Å²) in [5.41, 5.74) is 0. The molecule has 2 aromatic rings. The Balaban J connectivity index is 2.33. The van der Waals surface area contributed by atoms with Crippen LogP contribution in [0.2, 0.25) is 0 Å². The van der Waals surface area contributed by atoms with Crippen molar-refractivity contribution in [3.63, 3.8) is 0 Å². The van der Waals surface area contributed by atoms with E-state index in [1.165, 1.54) is 24.5 Å². The van der Waals surface area contributed by atoms with Gasteiger partial charge in [-0.05, 0) is 36.6 Å². The van der Waals surface area contributed by atoms with Gasteiger partial charge < -0.3 is 4.74 Å². The number of halogens is 1. The van der Waals surface area contributed by atoms with Gasteiger partial charge in [-0.25, -0.2) is 13.1 Å². The Morgan fingerprint density at radius 2 is 2.10 bits per heavy atom. The Morgan fingerprint density at radius 3 is 2.70 bits per heavy atom. The molecule has 0 aliphatic heterocycles.